The Bertz CT molecular complexity index is 499. The van der Waals surface area contributed by atoms with Gasteiger partial charge in [0.1, 0.15) is 12.4 Å². The van der Waals surface area contributed by atoms with Crippen LogP contribution in [0.15, 0.2) is 30.5 Å². The van der Waals surface area contributed by atoms with E-state index in [9.17, 15) is 0 Å². The first-order chi connectivity index (χ1) is 8.33. The molecule has 0 aliphatic rings. The first-order valence-corrected chi connectivity index (χ1v) is 5.45. The van der Waals surface area contributed by atoms with E-state index in [0.717, 1.165) is 16.5 Å². The molecule has 0 unspecified atom stereocenters. The number of aliphatic hydroxyl groups excluding tert-OH is 1. The Kier molecular flexibility index (Phi) is 3.90. The summed E-state index contributed by atoms with van der Waals surface area (Å²) in [4.78, 5) is 4.29. The molecule has 1 N–H and O–H groups in total. The van der Waals surface area contributed by atoms with Crippen molar-refractivity contribution in [2.24, 2.45) is 0 Å². The molecular weight excluding hydrogens is 218 g/mol. The molecule has 0 spiro atoms. The molecule has 0 aliphatic carbocycles. The van der Waals surface area contributed by atoms with Crippen molar-refractivity contribution >= 4 is 10.9 Å². The molecule has 0 radical (unpaired) electrons. The number of rotatable bonds is 5. The zero-order chi connectivity index (χ0) is 12.1. The standard InChI is InChI=1S/C13H15NO3/c1-16-4-5-17-12-7-11-6-10(9-15)2-3-13(11)14-8-12/h2-3,6-8,15H,4-5,9H2,1H3. The lowest BCUT2D eigenvalue weighted by atomic mass is 10.1. The van der Waals surface area contributed by atoms with Gasteiger partial charge in [0.2, 0.25) is 0 Å². The number of aliphatic hydroxyl groups is 1. The average molecular weight is 233 g/mol. The van der Waals surface area contributed by atoms with E-state index in [-0.39, 0.29) is 6.61 Å². The number of ether oxygens (including phenoxy) is 2. The number of aromatic nitrogens is 1. The molecule has 0 fully saturated rings. The molecule has 1 aromatic heterocycles. The quantitative estimate of drug-likeness (QED) is 0.799. The molecule has 17 heavy (non-hydrogen) atoms. The van der Waals surface area contributed by atoms with E-state index in [1.165, 1.54) is 0 Å². The van der Waals surface area contributed by atoms with Crippen LogP contribution in [0.2, 0.25) is 0 Å². The summed E-state index contributed by atoms with van der Waals surface area (Å²) in [5, 5.41) is 10.0. The Balaban J connectivity index is 2.22. The van der Waals surface area contributed by atoms with Crippen LogP contribution in [0.4, 0.5) is 0 Å². The van der Waals surface area contributed by atoms with Crippen LogP contribution in [0, 0.1) is 0 Å². The van der Waals surface area contributed by atoms with Gasteiger partial charge in [-0.2, -0.15) is 0 Å². The van der Waals surface area contributed by atoms with Crippen LogP contribution < -0.4 is 4.74 Å². The number of fused-ring (bicyclic) bond motifs is 1. The summed E-state index contributed by atoms with van der Waals surface area (Å²) < 4.78 is 10.4. The third kappa shape index (κ3) is 2.93. The highest BCUT2D eigenvalue weighted by atomic mass is 16.5. The zero-order valence-electron chi connectivity index (χ0n) is 9.72. The average Bonchev–Trinajstić information content (AvgIpc) is 2.38. The van der Waals surface area contributed by atoms with Gasteiger partial charge >= 0.3 is 0 Å². The largest absolute Gasteiger partial charge is 0.490 e. The van der Waals surface area contributed by atoms with Gasteiger partial charge in [0.15, 0.2) is 0 Å². The molecule has 90 valence electrons. The van der Waals surface area contributed by atoms with Gasteiger partial charge in [0.25, 0.3) is 0 Å². The normalized spacial score (nSPS) is 10.7. The molecule has 0 aliphatic heterocycles. The van der Waals surface area contributed by atoms with Crippen molar-refractivity contribution in [3.05, 3.63) is 36.0 Å². The Morgan fingerprint density at radius 3 is 2.88 bits per heavy atom. The Morgan fingerprint density at radius 1 is 1.24 bits per heavy atom. The number of hydrogen-bond acceptors (Lipinski definition) is 4. The maximum absolute atomic E-state index is 9.07. The lowest BCUT2D eigenvalue weighted by Crippen LogP contribution is -2.04. The van der Waals surface area contributed by atoms with Gasteiger partial charge in [-0.15, -0.1) is 0 Å². The van der Waals surface area contributed by atoms with E-state index in [1.807, 2.05) is 24.3 Å². The number of hydrogen-bond donors (Lipinski definition) is 1. The highest BCUT2D eigenvalue weighted by molar-refractivity contribution is 5.80. The van der Waals surface area contributed by atoms with Crippen molar-refractivity contribution < 1.29 is 14.6 Å². The molecule has 0 saturated carbocycles. The van der Waals surface area contributed by atoms with Crippen molar-refractivity contribution in [2.45, 2.75) is 6.61 Å². The van der Waals surface area contributed by atoms with Crippen molar-refractivity contribution in [1.82, 2.24) is 4.98 Å². The van der Waals surface area contributed by atoms with E-state index in [0.29, 0.717) is 19.0 Å². The number of benzene rings is 1. The summed E-state index contributed by atoms with van der Waals surface area (Å²) in [5.41, 5.74) is 1.76. The first-order valence-electron chi connectivity index (χ1n) is 5.45. The molecule has 4 nitrogen and oxygen atoms in total. The Hall–Kier alpha value is -1.65. The van der Waals surface area contributed by atoms with Gasteiger partial charge in [-0.25, -0.2) is 0 Å². The molecule has 2 rings (SSSR count). The second-order valence-corrected chi connectivity index (χ2v) is 3.70. The van der Waals surface area contributed by atoms with Gasteiger partial charge in [0, 0.05) is 12.5 Å². The highest BCUT2D eigenvalue weighted by Crippen LogP contribution is 2.19. The maximum atomic E-state index is 9.07. The molecule has 0 atom stereocenters. The second kappa shape index (κ2) is 5.61. The monoisotopic (exact) mass is 233 g/mol. The van der Waals surface area contributed by atoms with Crippen LogP contribution in [0.5, 0.6) is 5.75 Å². The summed E-state index contributed by atoms with van der Waals surface area (Å²) >= 11 is 0. The van der Waals surface area contributed by atoms with Crippen molar-refractivity contribution in [3.63, 3.8) is 0 Å². The van der Waals surface area contributed by atoms with Crippen molar-refractivity contribution in [3.8, 4) is 5.75 Å². The summed E-state index contributed by atoms with van der Waals surface area (Å²) in [6.07, 6.45) is 1.69. The van der Waals surface area contributed by atoms with E-state index in [4.69, 9.17) is 14.6 Å². The Morgan fingerprint density at radius 2 is 2.12 bits per heavy atom. The van der Waals surface area contributed by atoms with E-state index >= 15 is 0 Å². The summed E-state index contributed by atoms with van der Waals surface area (Å²) in [7, 11) is 1.63. The third-order valence-corrected chi connectivity index (χ3v) is 2.46. The fraction of sp³-hybridized carbons (Fsp3) is 0.308. The predicted octanol–water partition coefficient (Wildman–Crippen LogP) is 1.75. The fourth-order valence-electron chi connectivity index (χ4n) is 1.58. The van der Waals surface area contributed by atoms with Gasteiger partial charge in [0.05, 0.1) is 24.9 Å². The van der Waals surface area contributed by atoms with Crippen LogP contribution in [0.25, 0.3) is 10.9 Å². The lowest BCUT2D eigenvalue weighted by molar-refractivity contribution is 0.146. The molecule has 2 aromatic rings. The van der Waals surface area contributed by atoms with Crippen LogP contribution in [-0.2, 0) is 11.3 Å². The minimum Gasteiger partial charge on any atom is -0.490 e. The van der Waals surface area contributed by atoms with Crippen LogP contribution in [0.3, 0.4) is 0 Å². The second-order valence-electron chi connectivity index (χ2n) is 3.70. The van der Waals surface area contributed by atoms with Gasteiger partial charge in [-0.05, 0) is 23.8 Å². The van der Waals surface area contributed by atoms with E-state index in [1.54, 1.807) is 13.3 Å². The molecule has 0 amide bonds. The van der Waals surface area contributed by atoms with Crippen molar-refractivity contribution in [1.29, 1.82) is 0 Å². The summed E-state index contributed by atoms with van der Waals surface area (Å²) in [5.74, 6) is 0.713. The number of pyridine rings is 1. The lowest BCUT2D eigenvalue weighted by Gasteiger charge is -2.06. The van der Waals surface area contributed by atoms with Crippen molar-refractivity contribution in [2.75, 3.05) is 20.3 Å². The molecule has 4 heteroatoms. The minimum atomic E-state index is 0.0324. The molecule has 0 bridgehead atoms. The third-order valence-electron chi connectivity index (χ3n) is 2.46. The first kappa shape index (κ1) is 11.8. The van der Waals surface area contributed by atoms with Gasteiger partial charge in [-0.1, -0.05) is 6.07 Å². The summed E-state index contributed by atoms with van der Waals surface area (Å²) in [6.45, 7) is 1.09. The molecule has 1 aromatic carbocycles. The maximum Gasteiger partial charge on any atom is 0.138 e. The minimum absolute atomic E-state index is 0.0324. The fourth-order valence-corrected chi connectivity index (χ4v) is 1.58. The smallest absolute Gasteiger partial charge is 0.138 e. The number of nitrogens with zero attached hydrogens (tertiary/aromatic N) is 1. The zero-order valence-corrected chi connectivity index (χ0v) is 9.72. The predicted molar refractivity (Wildman–Crippen MR) is 65.0 cm³/mol. The molecule has 0 saturated heterocycles. The molecule has 1 heterocycles. The van der Waals surface area contributed by atoms with Gasteiger partial charge in [-0.3, -0.25) is 4.98 Å². The number of methoxy groups -OCH3 is 1. The van der Waals surface area contributed by atoms with Crippen LogP contribution in [0.1, 0.15) is 5.56 Å². The van der Waals surface area contributed by atoms with Crippen LogP contribution >= 0.6 is 0 Å². The highest BCUT2D eigenvalue weighted by Gasteiger charge is 2.00. The van der Waals surface area contributed by atoms with Gasteiger partial charge < -0.3 is 14.6 Å². The topological polar surface area (TPSA) is 51.6 Å². The molecular formula is C13H15NO3. The van der Waals surface area contributed by atoms with E-state index in [2.05, 4.69) is 4.98 Å². The Labute approximate surface area is 99.8 Å². The van der Waals surface area contributed by atoms with E-state index < -0.39 is 0 Å². The summed E-state index contributed by atoms with van der Waals surface area (Å²) in [6, 6.07) is 7.57. The van der Waals surface area contributed by atoms with Crippen LogP contribution in [-0.4, -0.2) is 30.4 Å². The SMILES string of the molecule is COCCOc1cnc2ccc(CO)cc2c1.